The number of nitrogen functional groups attached to an aromatic ring is 1. The minimum Gasteiger partial charge on any atom is -0.399 e. The second-order valence-corrected chi connectivity index (χ2v) is 6.51. The Balaban J connectivity index is 2.14. The van der Waals surface area contributed by atoms with Gasteiger partial charge in [-0.1, -0.05) is 18.2 Å². The molecule has 1 saturated carbocycles. The molecule has 0 unspecified atom stereocenters. The van der Waals surface area contributed by atoms with Crippen LogP contribution < -0.4 is 5.73 Å². The van der Waals surface area contributed by atoms with Gasteiger partial charge in [0.05, 0.1) is 5.75 Å². The summed E-state index contributed by atoms with van der Waals surface area (Å²) in [4.78, 5) is 0. The van der Waals surface area contributed by atoms with Crippen molar-refractivity contribution in [2.75, 3.05) is 12.3 Å². The highest BCUT2D eigenvalue weighted by Gasteiger charge is 2.36. The maximum Gasteiger partial charge on any atom is 0.218 e. The third-order valence-corrected chi connectivity index (χ3v) is 4.81. The predicted molar refractivity (Wildman–Crippen MR) is 73.4 cm³/mol. The SMILES string of the molecule is C=CCN(C1CC1)S(=O)(=O)Cc1ccc(N)cc1. The highest BCUT2D eigenvalue weighted by molar-refractivity contribution is 7.88. The molecule has 0 saturated heterocycles. The lowest BCUT2D eigenvalue weighted by Crippen LogP contribution is -2.34. The summed E-state index contributed by atoms with van der Waals surface area (Å²) in [5, 5.41) is 0. The molecule has 0 spiro atoms. The molecule has 5 heteroatoms. The van der Waals surface area contributed by atoms with E-state index in [1.165, 1.54) is 0 Å². The van der Waals surface area contributed by atoms with E-state index in [0.717, 1.165) is 18.4 Å². The van der Waals surface area contributed by atoms with Crippen LogP contribution in [0.25, 0.3) is 0 Å². The van der Waals surface area contributed by atoms with Crippen molar-refractivity contribution in [1.29, 1.82) is 0 Å². The summed E-state index contributed by atoms with van der Waals surface area (Å²) >= 11 is 0. The van der Waals surface area contributed by atoms with Gasteiger partial charge in [0.2, 0.25) is 10.0 Å². The first-order valence-corrected chi connectivity index (χ1v) is 7.58. The summed E-state index contributed by atoms with van der Waals surface area (Å²) in [6.45, 7) is 4.01. The van der Waals surface area contributed by atoms with Gasteiger partial charge in [0.1, 0.15) is 0 Å². The van der Waals surface area contributed by atoms with Crippen LogP contribution in [0.1, 0.15) is 18.4 Å². The van der Waals surface area contributed by atoms with Crippen molar-refractivity contribution in [3.63, 3.8) is 0 Å². The van der Waals surface area contributed by atoms with Gasteiger partial charge in [-0.3, -0.25) is 0 Å². The molecule has 0 atom stereocenters. The standard InChI is InChI=1S/C13H18N2O2S/c1-2-9-15(13-7-8-13)18(16,17)10-11-3-5-12(14)6-4-11/h2-6,13H,1,7-10,14H2. The second-order valence-electron chi connectivity index (χ2n) is 4.59. The van der Waals surface area contributed by atoms with Gasteiger partial charge in [-0.05, 0) is 30.5 Å². The van der Waals surface area contributed by atoms with E-state index < -0.39 is 10.0 Å². The molecule has 0 bridgehead atoms. The van der Waals surface area contributed by atoms with Crippen LogP contribution in [0, 0.1) is 0 Å². The van der Waals surface area contributed by atoms with Gasteiger partial charge >= 0.3 is 0 Å². The molecule has 2 N–H and O–H groups in total. The fourth-order valence-corrected chi connectivity index (χ4v) is 3.66. The fourth-order valence-electron chi connectivity index (χ4n) is 1.89. The monoisotopic (exact) mass is 266 g/mol. The molecule has 0 aromatic heterocycles. The largest absolute Gasteiger partial charge is 0.399 e. The van der Waals surface area contributed by atoms with Gasteiger partial charge < -0.3 is 5.73 Å². The average Bonchev–Trinajstić information content (AvgIpc) is 3.12. The molecule has 1 aliphatic rings. The Hall–Kier alpha value is -1.33. The molecule has 4 nitrogen and oxygen atoms in total. The molecule has 1 aromatic rings. The van der Waals surface area contributed by atoms with Crippen molar-refractivity contribution in [2.45, 2.75) is 24.6 Å². The first kappa shape index (κ1) is 13.1. The summed E-state index contributed by atoms with van der Waals surface area (Å²) in [5.41, 5.74) is 6.99. The molecule has 0 heterocycles. The second kappa shape index (κ2) is 5.12. The Morgan fingerprint density at radius 1 is 1.33 bits per heavy atom. The Morgan fingerprint density at radius 2 is 1.94 bits per heavy atom. The van der Waals surface area contributed by atoms with Gasteiger partial charge in [0, 0.05) is 18.3 Å². The van der Waals surface area contributed by atoms with Gasteiger partial charge in [0.15, 0.2) is 0 Å². The molecule has 98 valence electrons. The number of rotatable bonds is 6. The van der Waals surface area contributed by atoms with E-state index in [0.29, 0.717) is 12.2 Å². The molecule has 1 aromatic carbocycles. The van der Waals surface area contributed by atoms with E-state index in [4.69, 9.17) is 5.73 Å². The predicted octanol–water partition coefficient (Wildman–Crippen LogP) is 1.75. The van der Waals surface area contributed by atoms with E-state index in [2.05, 4.69) is 6.58 Å². The Morgan fingerprint density at radius 3 is 2.44 bits per heavy atom. The molecule has 0 amide bonds. The highest BCUT2D eigenvalue weighted by atomic mass is 32.2. The topological polar surface area (TPSA) is 63.4 Å². The van der Waals surface area contributed by atoms with Crippen molar-refractivity contribution >= 4 is 15.7 Å². The van der Waals surface area contributed by atoms with Gasteiger partial charge in [-0.15, -0.1) is 6.58 Å². The van der Waals surface area contributed by atoms with E-state index >= 15 is 0 Å². The molecule has 1 aliphatic carbocycles. The normalized spacial score (nSPS) is 15.8. The van der Waals surface area contributed by atoms with E-state index in [1.54, 1.807) is 34.6 Å². The van der Waals surface area contributed by atoms with Crippen molar-refractivity contribution in [3.05, 3.63) is 42.5 Å². The first-order valence-electron chi connectivity index (χ1n) is 5.98. The lowest BCUT2D eigenvalue weighted by Gasteiger charge is -2.20. The number of nitrogens with two attached hydrogens (primary N) is 1. The zero-order chi connectivity index (χ0) is 13.2. The summed E-state index contributed by atoms with van der Waals surface area (Å²) in [5.74, 6) is 0.0254. The number of sulfonamides is 1. The highest BCUT2D eigenvalue weighted by Crippen LogP contribution is 2.30. The van der Waals surface area contributed by atoms with E-state index in [1.807, 2.05) is 0 Å². The fraction of sp³-hybridized carbons (Fsp3) is 0.385. The first-order chi connectivity index (χ1) is 8.53. The van der Waals surface area contributed by atoms with Crippen LogP contribution in [0.2, 0.25) is 0 Å². The van der Waals surface area contributed by atoms with Crippen molar-refractivity contribution in [2.24, 2.45) is 0 Å². The summed E-state index contributed by atoms with van der Waals surface area (Å²) < 4.78 is 26.2. The number of nitrogens with zero attached hydrogens (tertiary/aromatic N) is 1. The number of anilines is 1. The lowest BCUT2D eigenvalue weighted by molar-refractivity contribution is 0.435. The summed E-state index contributed by atoms with van der Waals surface area (Å²) in [6, 6.07) is 7.12. The van der Waals surface area contributed by atoms with Crippen molar-refractivity contribution in [3.8, 4) is 0 Å². The van der Waals surface area contributed by atoms with Crippen molar-refractivity contribution < 1.29 is 8.42 Å². The quantitative estimate of drug-likeness (QED) is 0.630. The van der Waals surface area contributed by atoms with Crippen LogP contribution in [-0.4, -0.2) is 25.3 Å². The Bertz CT molecular complexity index is 518. The lowest BCUT2D eigenvalue weighted by atomic mass is 10.2. The maximum absolute atomic E-state index is 12.3. The van der Waals surface area contributed by atoms with Gasteiger partial charge in [-0.25, -0.2) is 8.42 Å². The Kier molecular flexibility index (Phi) is 3.73. The molecule has 18 heavy (non-hydrogen) atoms. The molecular formula is C13H18N2O2S. The number of hydrogen-bond acceptors (Lipinski definition) is 3. The third-order valence-electron chi connectivity index (χ3n) is 2.95. The van der Waals surface area contributed by atoms with Gasteiger partial charge in [0.25, 0.3) is 0 Å². The number of hydrogen-bond donors (Lipinski definition) is 1. The third kappa shape index (κ3) is 3.11. The van der Waals surface area contributed by atoms with Gasteiger partial charge in [-0.2, -0.15) is 4.31 Å². The van der Waals surface area contributed by atoms with Crippen molar-refractivity contribution in [1.82, 2.24) is 4.31 Å². The van der Waals surface area contributed by atoms with Crippen LogP contribution in [0.3, 0.4) is 0 Å². The van der Waals surface area contributed by atoms with Crippen LogP contribution in [0.4, 0.5) is 5.69 Å². The molecular weight excluding hydrogens is 248 g/mol. The minimum absolute atomic E-state index is 0.0254. The zero-order valence-corrected chi connectivity index (χ0v) is 11.1. The number of benzene rings is 1. The molecule has 0 radical (unpaired) electrons. The Labute approximate surface area is 108 Å². The maximum atomic E-state index is 12.3. The average molecular weight is 266 g/mol. The summed E-state index contributed by atoms with van der Waals surface area (Å²) in [7, 11) is -3.27. The van der Waals surface area contributed by atoms with Crippen LogP contribution in [-0.2, 0) is 15.8 Å². The minimum atomic E-state index is -3.27. The summed E-state index contributed by atoms with van der Waals surface area (Å²) in [6.07, 6.45) is 3.54. The van der Waals surface area contributed by atoms with E-state index in [-0.39, 0.29) is 11.8 Å². The van der Waals surface area contributed by atoms with Crippen LogP contribution in [0.5, 0.6) is 0 Å². The zero-order valence-electron chi connectivity index (χ0n) is 10.2. The molecule has 0 aliphatic heterocycles. The molecule has 1 fully saturated rings. The van der Waals surface area contributed by atoms with Crippen LogP contribution >= 0.6 is 0 Å². The van der Waals surface area contributed by atoms with Crippen LogP contribution in [0.15, 0.2) is 36.9 Å². The molecule has 2 rings (SSSR count). The van der Waals surface area contributed by atoms with E-state index in [9.17, 15) is 8.42 Å². The smallest absolute Gasteiger partial charge is 0.218 e.